The molecule has 0 radical (unpaired) electrons. The molecule has 1 amide bonds. The molecule has 17 heavy (non-hydrogen) atoms. The van der Waals surface area contributed by atoms with Gasteiger partial charge in [0.1, 0.15) is 0 Å². The van der Waals surface area contributed by atoms with Crippen molar-refractivity contribution in [2.45, 2.75) is 36.8 Å². The fraction of sp³-hybridized carbons (Fsp3) is 0.462. The summed E-state index contributed by atoms with van der Waals surface area (Å²) in [6.07, 6.45) is 2.01. The summed E-state index contributed by atoms with van der Waals surface area (Å²) in [4.78, 5) is 12.8. The topological polar surface area (TPSA) is 38.3 Å². The maximum atomic E-state index is 12.0. The van der Waals surface area contributed by atoms with Crippen LogP contribution in [0.2, 0.25) is 0 Å². The number of benzene rings is 1. The average Bonchev–Trinajstić information content (AvgIpc) is 2.29. The summed E-state index contributed by atoms with van der Waals surface area (Å²) in [5.41, 5.74) is 0.682. The van der Waals surface area contributed by atoms with Gasteiger partial charge in [0.05, 0.1) is 6.10 Å². The summed E-state index contributed by atoms with van der Waals surface area (Å²) in [5, 5.41) is 3.04. The molecule has 4 heteroatoms. The first kappa shape index (κ1) is 12.5. The number of carbonyl (C=O) groups excluding carboxylic acids is 1. The second-order valence-electron chi connectivity index (χ2n) is 4.42. The monoisotopic (exact) mass is 251 g/mol. The van der Waals surface area contributed by atoms with E-state index in [1.807, 2.05) is 19.1 Å². The van der Waals surface area contributed by atoms with Gasteiger partial charge in [-0.05, 0) is 44.0 Å². The van der Waals surface area contributed by atoms with Gasteiger partial charge in [0, 0.05) is 23.1 Å². The summed E-state index contributed by atoms with van der Waals surface area (Å²) in [6.45, 7) is 2.76. The number of carbonyl (C=O) groups is 1. The molecule has 1 aliphatic heterocycles. The molecule has 1 fully saturated rings. The van der Waals surface area contributed by atoms with Gasteiger partial charge in [0.25, 0.3) is 5.91 Å². The first-order chi connectivity index (χ1) is 8.15. The Morgan fingerprint density at radius 2 is 2.12 bits per heavy atom. The zero-order chi connectivity index (χ0) is 12.3. The minimum atomic E-state index is -0.0163. The molecule has 0 spiro atoms. The first-order valence-electron chi connectivity index (χ1n) is 5.86. The van der Waals surface area contributed by atoms with Crippen LogP contribution < -0.4 is 5.32 Å². The molecule has 92 valence electrons. The highest BCUT2D eigenvalue weighted by Gasteiger charge is 2.21. The van der Waals surface area contributed by atoms with Gasteiger partial charge in [0.15, 0.2) is 0 Å². The zero-order valence-corrected chi connectivity index (χ0v) is 10.7. The Hall–Kier alpha value is -1.00. The lowest BCUT2D eigenvalue weighted by atomic mass is 10.0. The van der Waals surface area contributed by atoms with Crippen LogP contribution in [0.1, 0.15) is 30.1 Å². The van der Waals surface area contributed by atoms with Gasteiger partial charge in [0.2, 0.25) is 0 Å². The average molecular weight is 251 g/mol. The Bertz CT molecular complexity index is 391. The van der Waals surface area contributed by atoms with E-state index in [0.717, 1.165) is 24.3 Å². The minimum Gasteiger partial charge on any atom is -0.378 e. The first-order valence-corrected chi connectivity index (χ1v) is 6.31. The molecule has 1 N–H and O–H groups in total. The van der Waals surface area contributed by atoms with E-state index in [0.29, 0.717) is 5.56 Å². The van der Waals surface area contributed by atoms with Crippen molar-refractivity contribution in [3.63, 3.8) is 0 Å². The summed E-state index contributed by atoms with van der Waals surface area (Å²) >= 11 is 4.19. The maximum Gasteiger partial charge on any atom is 0.251 e. The third kappa shape index (κ3) is 3.48. The van der Waals surface area contributed by atoms with Gasteiger partial charge in [-0.15, -0.1) is 12.6 Å². The van der Waals surface area contributed by atoms with Crippen LogP contribution in [0.3, 0.4) is 0 Å². The van der Waals surface area contributed by atoms with Crippen LogP contribution in [0, 0.1) is 0 Å². The fourth-order valence-electron chi connectivity index (χ4n) is 2.01. The lowest BCUT2D eigenvalue weighted by molar-refractivity contribution is 0.0136. The van der Waals surface area contributed by atoms with E-state index in [4.69, 9.17) is 4.74 Å². The molecule has 0 aliphatic carbocycles. The molecule has 2 rings (SSSR count). The number of hydrogen-bond donors (Lipinski definition) is 2. The quantitative estimate of drug-likeness (QED) is 0.791. The molecule has 1 heterocycles. The van der Waals surface area contributed by atoms with E-state index < -0.39 is 0 Å². The highest BCUT2D eigenvalue weighted by atomic mass is 32.1. The van der Waals surface area contributed by atoms with Gasteiger partial charge in [-0.1, -0.05) is 0 Å². The van der Waals surface area contributed by atoms with Gasteiger partial charge < -0.3 is 10.1 Å². The van der Waals surface area contributed by atoms with Crippen LogP contribution in [-0.4, -0.2) is 24.7 Å². The van der Waals surface area contributed by atoms with Crippen LogP contribution in [-0.2, 0) is 4.74 Å². The van der Waals surface area contributed by atoms with E-state index in [2.05, 4.69) is 17.9 Å². The van der Waals surface area contributed by atoms with Gasteiger partial charge >= 0.3 is 0 Å². The fourth-order valence-corrected chi connectivity index (χ4v) is 2.16. The number of ether oxygens (including phenoxy) is 1. The Morgan fingerprint density at radius 1 is 1.41 bits per heavy atom. The summed E-state index contributed by atoms with van der Waals surface area (Å²) in [7, 11) is 0. The van der Waals surface area contributed by atoms with Crippen molar-refractivity contribution < 1.29 is 9.53 Å². The predicted octanol–water partition coefficient (Wildman–Crippen LogP) is 2.27. The van der Waals surface area contributed by atoms with Crippen LogP contribution in [0.25, 0.3) is 0 Å². The Labute approximate surface area is 107 Å². The van der Waals surface area contributed by atoms with Crippen molar-refractivity contribution in [1.82, 2.24) is 5.32 Å². The summed E-state index contributed by atoms with van der Waals surface area (Å²) in [6, 6.07) is 7.46. The second kappa shape index (κ2) is 5.56. The van der Waals surface area contributed by atoms with Crippen LogP contribution in [0.4, 0.5) is 0 Å². The van der Waals surface area contributed by atoms with Crippen molar-refractivity contribution in [1.29, 1.82) is 0 Å². The van der Waals surface area contributed by atoms with E-state index in [-0.39, 0.29) is 18.1 Å². The van der Waals surface area contributed by atoms with Gasteiger partial charge in [-0.2, -0.15) is 0 Å². The molecular formula is C13H17NO2S. The lowest BCUT2D eigenvalue weighted by Gasteiger charge is -2.27. The number of hydrogen-bond acceptors (Lipinski definition) is 3. The Balaban J connectivity index is 1.94. The highest BCUT2D eigenvalue weighted by molar-refractivity contribution is 7.80. The second-order valence-corrected chi connectivity index (χ2v) is 4.94. The summed E-state index contributed by atoms with van der Waals surface area (Å²) < 4.78 is 5.45. The van der Waals surface area contributed by atoms with E-state index >= 15 is 0 Å². The Kier molecular flexibility index (Phi) is 4.07. The van der Waals surface area contributed by atoms with Crippen molar-refractivity contribution in [2.75, 3.05) is 6.61 Å². The van der Waals surface area contributed by atoms with Crippen molar-refractivity contribution >= 4 is 18.5 Å². The number of rotatable bonds is 2. The maximum absolute atomic E-state index is 12.0. The van der Waals surface area contributed by atoms with E-state index in [1.54, 1.807) is 12.1 Å². The SMILES string of the molecule is CC1CC(NC(=O)c2ccc(S)cc2)CCO1. The van der Waals surface area contributed by atoms with Crippen molar-refractivity contribution in [3.8, 4) is 0 Å². The van der Waals surface area contributed by atoms with E-state index in [1.165, 1.54) is 0 Å². The highest BCUT2D eigenvalue weighted by Crippen LogP contribution is 2.14. The zero-order valence-electron chi connectivity index (χ0n) is 9.85. The van der Waals surface area contributed by atoms with Crippen molar-refractivity contribution in [2.24, 2.45) is 0 Å². The van der Waals surface area contributed by atoms with Gasteiger partial charge in [-0.25, -0.2) is 0 Å². The number of nitrogens with one attached hydrogen (secondary N) is 1. The molecule has 2 unspecified atom stereocenters. The minimum absolute atomic E-state index is 0.0163. The van der Waals surface area contributed by atoms with Crippen molar-refractivity contribution in [3.05, 3.63) is 29.8 Å². The number of amides is 1. The third-order valence-electron chi connectivity index (χ3n) is 2.95. The van der Waals surface area contributed by atoms with Crippen LogP contribution >= 0.6 is 12.6 Å². The molecule has 0 aromatic heterocycles. The van der Waals surface area contributed by atoms with Crippen LogP contribution in [0.5, 0.6) is 0 Å². The third-order valence-corrected chi connectivity index (χ3v) is 3.25. The smallest absolute Gasteiger partial charge is 0.251 e. The van der Waals surface area contributed by atoms with Gasteiger partial charge in [-0.3, -0.25) is 4.79 Å². The molecule has 0 saturated carbocycles. The molecule has 1 aliphatic rings. The number of thiol groups is 1. The molecule has 3 nitrogen and oxygen atoms in total. The lowest BCUT2D eigenvalue weighted by Crippen LogP contribution is -2.41. The largest absolute Gasteiger partial charge is 0.378 e. The standard InChI is InChI=1S/C13H17NO2S/c1-9-8-11(6-7-16-9)14-13(15)10-2-4-12(17)5-3-10/h2-5,9,11,17H,6-8H2,1H3,(H,14,15). The predicted molar refractivity (Wildman–Crippen MR) is 69.6 cm³/mol. The van der Waals surface area contributed by atoms with E-state index in [9.17, 15) is 4.79 Å². The normalized spacial score (nSPS) is 24.4. The molecule has 2 atom stereocenters. The van der Waals surface area contributed by atoms with Crippen LogP contribution in [0.15, 0.2) is 29.2 Å². The molecule has 1 aromatic rings. The molecule has 0 bridgehead atoms. The Morgan fingerprint density at radius 3 is 2.76 bits per heavy atom. The molecular weight excluding hydrogens is 234 g/mol. The molecule has 1 saturated heterocycles. The summed E-state index contributed by atoms with van der Waals surface area (Å²) in [5.74, 6) is -0.0163. The molecule has 1 aromatic carbocycles.